The standard InChI is InChI=1S/2C21H23.C2H4Cl2Si.Hf/c2*1-15-13-17-7-5-6-8-19(20(17)14-15)16-9-11-18(12-10-16)21(2,3)4;1-5-2(3)4;/h2*5-7,9-12,14,19H,8H2,1-4H3;2H,1H3;/q2*-1;;+2. The van der Waals surface area contributed by atoms with Crippen molar-refractivity contribution in [1.82, 2.24) is 0 Å². The molecule has 48 heavy (non-hydrogen) atoms. The summed E-state index contributed by atoms with van der Waals surface area (Å²) >= 11 is 12.1. The Hall–Kier alpha value is -1.97. The summed E-state index contributed by atoms with van der Waals surface area (Å²) in [5.74, 6) is 0.905. The van der Waals surface area contributed by atoms with Crippen molar-refractivity contribution < 1.29 is 23.0 Å². The first kappa shape index (κ1) is 38.8. The van der Waals surface area contributed by atoms with Crippen molar-refractivity contribution in [2.24, 2.45) is 0 Å². The zero-order valence-corrected chi connectivity index (χ0v) is 36.2. The molecule has 4 aliphatic rings. The van der Waals surface area contributed by atoms with Crippen LogP contribution in [0.2, 0.25) is 6.55 Å². The van der Waals surface area contributed by atoms with Gasteiger partial charge in [-0.1, -0.05) is 116 Å². The number of hydrogen-bond donors (Lipinski definition) is 0. The van der Waals surface area contributed by atoms with Crippen LogP contribution in [0.5, 0.6) is 0 Å². The van der Waals surface area contributed by atoms with Crippen LogP contribution < -0.4 is 0 Å². The number of halogens is 2. The van der Waals surface area contributed by atoms with Crippen LogP contribution >= 0.6 is 23.2 Å². The van der Waals surface area contributed by atoms with Crippen molar-refractivity contribution >= 4 is 28.7 Å². The van der Waals surface area contributed by atoms with E-state index in [9.17, 15) is 0 Å². The molecule has 0 aromatic heterocycles. The molecule has 0 fully saturated rings. The molecule has 0 heterocycles. The summed E-state index contributed by atoms with van der Waals surface area (Å²) in [7, 11) is 0. The van der Waals surface area contributed by atoms with Crippen molar-refractivity contribution in [2.75, 3.05) is 0 Å². The van der Waals surface area contributed by atoms with E-state index in [4.69, 9.17) is 23.2 Å². The zero-order valence-electron chi connectivity index (χ0n) is 30.1. The molecule has 0 saturated carbocycles. The molecule has 0 N–H and O–H groups in total. The van der Waals surface area contributed by atoms with Crippen LogP contribution in [0.15, 0.2) is 131 Å². The average Bonchev–Trinajstić information content (AvgIpc) is 3.43. The molecule has 0 radical (unpaired) electrons. The minimum absolute atomic E-state index is 0.0401. The van der Waals surface area contributed by atoms with Gasteiger partial charge >= 0.3 is 62.7 Å². The van der Waals surface area contributed by atoms with Gasteiger partial charge < -0.3 is 0 Å². The Morgan fingerprint density at radius 3 is 1.29 bits per heavy atom. The number of alkyl halides is 2. The van der Waals surface area contributed by atoms with Gasteiger partial charge in [-0.15, -0.1) is 47.6 Å². The molecular weight excluding hydrogens is 806 g/mol. The molecule has 248 valence electrons. The van der Waals surface area contributed by atoms with Gasteiger partial charge in [-0.2, -0.15) is 34.4 Å². The van der Waals surface area contributed by atoms with Crippen LogP contribution in [0.4, 0.5) is 0 Å². The molecule has 0 nitrogen and oxygen atoms in total. The predicted octanol–water partition coefficient (Wildman–Crippen LogP) is 12.8. The molecule has 0 aliphatic heterocycles. The number of hydrogen-bond acceptors (Lipinski definition) is 0. The van der Waals surface area contributed by atoms with Gasteiger partial charge in [0.25, 0.3) is 0 Å². The van der Waals surface area contributed by atoms with E-state index in [0.29, 0.717) is 11.8 Å². The average molecular weight is 856 g/mol. The molecule has 2 aromatic carbocycles. The van der Waals surface area contributed by atoms with Gasteiger partial charge in [0.1, 0.15) is 0 Å². The first-order valence-corrected chi connectivity index (χ1v) is 25.3. The topological polar surface area (TPSA) is 0 Å². The van der Waals surface area contributed by atoms with Crippen molar-refractivity contribution in [3.8, 4) is 0 Å². The summed E-state index contributed by atoms with van der Waals surface area (Å²) in [5.41, 5.74) is 13.6. The Kier molecular flexibility index (Phi) is 13.6. The van der Waals surface area contributed by atoms with E-state index in [2.05, 4.69) is 171 Å². The third kappa shape index (κ3) is 10.5. The third-order valence-corrected chi connectivity index (χ3v) is 18.7. The van der Waals surface area contributed by atoms with Crippen molar-refractivity contribution in [3.05, 3.63) is 165 Å². The predicted molar refractivity (Wildman–Crippen MR) is 208 cm³/mol. The molecule has 4 aliphatic carbocycles. The summed E-state index contributed by atoms with van der Waals surface area (Å²) in [4.78, 5) is 0. The van der Waals surface area contributed by atoms with Gasteiger partial charge in [-0.05, 0) is 57.8 Å². The molecule has 0 amide bonds. The first-order valence-electron chi connectivity index (χ1n) is 17.0. The van der Waals surface area contributed by atoms with Gasteiger partial charge in [0, 0.05) is 0 Å². The second-order valence-electron chi connectivity index (χ2n) is 15.1. The van der Waals surface area contributed by atoms with Crippen LogP contribution in [-0.2, 0) is 33.8 Å². The Morgan fingerprint density at radius 1 is 0.667 bits per heavy atom. The number of allylic oxidation sites excluding steroid dienone is 16. The molecule has 6 rings (SSSR count). The van der Waals surface area contributed by atoms with Crippen LogP contribution in [0.25, 0.3) is 0 Å². The van der Waals surface area contributed by atoms with Crippen LogP contribution in [-0.4, -0.2) is 9.95 Å². The number of benzene rings is 2. The van der Waals surface area contributed by atoms with Gasteiger partial charge in [-0.25, -0.2) is 0 Å². The Balaban J connectivity index is 0.000000186. The van der Waals surface area contributed by atoms with Crippen LogP contribution in [0.1, 0.15) is 102 Å². The molecule has 0 saturated heterocycles. The van der Waals surface area contributed by atoms with Crippen molar-refractivity contribution in [3.63, 3.8) is 0 Å². The summed E-state index contributed by atoms with van der Waals surface area (Å²) in [6, 6.07) is 18.3. The fourth-order valence-corrected chi connectivity index (χ4v) is 6.19. The van der Waals surface area contributed by atoms with Gasteiger partial charge in [-0.3, -0.25) is 0 Å². The first-order chi connectivity index (χ1) is 22.5. The van der Waals surface area contributed by atoms with Crippen molar-refractivity contribution in [1.29, 1.82) is 0 Å². The SMILES string of the molecule is CC1=[C-]C2=CC=CCC(c3ccc(C(C)(C)C)cc3)C2=C1.CC1=[C-]C2=CC=CCC(c3ccc(C(C)(C)C)cc3)C2=C1.C[Si](=[Hf+2])C(Cl)Cl. The molecule has 2 unspecified atom stereocenters. The minimum atomic E-state index is -0.282. The van der Waals surface area contributed by atoms with Gasteiger partial charge in [0.2, 0.25) is 0 Å². The van der Waals surface area contributed by atoms with Crippen molar-refractivity contribution in [2.45, 2.75) is 102 Å². The van der Waals surface area contributed by atoms with E-state index in [1.165, 1.54) is 78.7 Å². The quantitative estimate of drug-likeness (QED) is 0.164. The third-order valence-electron chi connectivity index (χ3n) is 9.01. The fourth-order valence-electron chi connectivity index (χ4n) is 6.19. The van der Waals surface area contributed by atoms with Gasteiger partial charge in [0.05, 0.1) is 0 Å². The maximum atomic E-state index is 5.46. The maximum absolute atomic E-state index is 5.46. The Labute approximate surface area is 316 Å². The van der Waals surface area contributed by atoms with E-state index >= 15 is 0 Å². The van der Waals surface area contributed by atoms with E-state index in [1.54, 1.807) is 0 Å². The summed E-state index contributed by atoms with van der Waals surface area (Å²) < 4.78 is -0.0401. The molecule has 2 atom stereocenters. The number of rotatable bonds is 3. The second-order valence-corrected chi connectivity index (χ2v) is 27.4. The normalized spacial score (nSPS) is 19.9. The van der Waals surface area contributed by atoms with E-state index < -0.39 is 0 Å². The Bertz CT molecular complexity index is 1600. The van der Waals surface area contributed by atoms with Crippen LogP contribution in [0, 0.1) is 12.2 Å². The summed E-state index contributed by atoms with van der Waals surface area (Å²) in [5, 5.41) is 0. The summed E-state index contributed by atoms with van der Waals surface area (Å²) in [6.07, 6.45) is 26.9. The molecule has 0 bridgehead atoms. The molecular formula is C44H50Cl2HfSi. The number of fused-ring (bicyclic) bond motifs is 2. The fraction of sp³-hybridized carbons (Fsp3) is 0.364. The second kappa shape index (κ2) is 16.8. The molecule has 4 heteroatoms. The Morgan fingerprint density at radius 2 is 1.00 bits per heavy atom. The monoisotopic (exact) mass is 856 g/mol. The van der Waals surface area contributed by atoms with Gasteiger partial charge in [0.15, 0.2) is 0 Å². The van der Waals surface area contributed by atoms with Crippen LogP contribution in [0.3, 0.4) is 0 Å². The van der Waals surface area contributed by atoms with E-state index in [1.807, 2.05) is 0 Å². The van der Waals surface area contributed by atoms with E-state index in [-0.39, 0.29) is 20.8 Å². The van der Waals surface area contributed by atoms with E-state index in [0.717, 1.165) is 12.8 Å². The molecule has 0 spiro atoms. The summed E-state index contributed by atoms with van der Waals surface area (Å²) in [6.45, 7) is 20.0. The molecule has 2 aromatic rings. The zero-order chi connectivity index (χ0) is 35.2.